The SMILES string of the molecule is O=C(Cc1cc(CC(=O)C(F)(F)C(F)F)c(F)cc1F)c1cc(NC(=O)[C@H]2[C@H](c3ccc(F)c(C(F)(F)F)c3)C2(Cl)Cl)ccc1Cl. The van der Waals surface area contributed by atoms with E-state index >= 15 is 0 Å². The number of benzene rings is 3. The van der Waals surface area contributed by atoms with Crippen molar-refractivity contribution in [2.24, 2.45) is 5.92 Å². The Labute approximate surface area is 267 Å². The van der Waals surface area contributed by atoms with Gasteiger partial charge in [-0.1, -0.05) is 17.7 Å². The molecule has 0 spiro atoms. The molecule has 246 valence electrons. The zero-order valence-electron chi connectivity index (χ0n) is 22.4. The van der Waals surface area contributed by atoms with Crippen molar-refractivity contribution < 1.29 is 58.3 Å². The van der Waals surface area contributed by atoms with E-state index < -0.39 is 99.2 Å². The zero-order chi connectivity index (χ0) is 34.5. The molecule has 1 fully saturated rings. The highest BCUT2D eigenvalue weighted by molar-refractivity contribution is 6.53. The van der Waals surface area contributed by atoms with Crippen LogP contribution in [0.3, 0.4) is 0 Å². The summed E-state index contributed by atoms with van der Waals surface area (Å²) in [5, 5.41) is 2.14. The molecular formula is C29H16Cl3F10NO3. The summed E-state index contributed by atoms with van der Waals surface area (Å²) >= 11 is 18.4. The van der Waals surface area contributed by atoms with Crippen molar-refractivity contribution in [3.05, 3.63) is 98.8 Å². The molecule has 46 heavy (non-hydrogen) atoms. The summed E-state index contributed by atoms with van der Waals surface area (Å²) in [5.41, 5.74) is -3.70. The second-order valence-corrected chi connectivity index (χ2v) is 12.1. The number of hydrogen-bond acceptors (Lipinski definition) is 3. The van der Waals surface area contributed by atoms with Gasteiger partial charge in [-0.2, -0.15) is 22.0 Å². The summed E-state index contributed by atoms with van der Waals surface area (Å²) in [5.74, 6) is -16.2. The van der Waals surface area contributed by atoms with Crippen LogP contribution in [0.1, 0.15) is 38.5 Å². The van der Waals surface area contributed by atoms with Gasteiger partial charge in [0.15, 0.2) is 5.78 Å². The van der Waals surface area contributed by atoms with Crippen molar-refractivity contribution in [2.45, 2.75) is 41.6 Å². The smallest absolute Gasteiger partial charge is 0.326 e. The molecule has 3 aromatic rings. The molecular weight excluding hydrogens is 707 g/mol. The van der Waals surface area contributed by atoms with E-state index in [9.17, 15) is 58.3 Å². The topological polar surface area (TPSA) is 63.2 Å². The number of hydrogen-bond donors (Lipinski definition) is 1. The molecule has 0 saturated heterocycles. The molecule has 1 amide bonds. The van der Waals surface area contributed by atoms with Crippen molar-refractivity contribution in [1.29, 1.82) is 0 Å². The van der Waals surface area contributed by atoms with Gasteiger partial charge in [0, 0.05) is 36.1 Å². The molecule has 0 aliphatic heterocycles. The Hall–Kier alpha value is -3.36. The fraction of sp³-hybridized carbons (Fsp3) is 0.276. The highest BCUT2D eigenvalue weighted by atomic mass is 35.5. The first-order chi connectivity index (χ1) is 21.2. The second-order valence-electron chi connectivity index (χ2n) is 10.2. The van der Waals surface area contributed by atoms with Gasteiger partial charge in [-0.05, 0) is 53.1 Å². The largest absolute Gasteiger partial charge is 0.419 e. The highest BCUT2D eigenvalue weighted by Crippen LogP contribution is 2.65. The van der Waals surface area contributed by atoms with E-state index in [1.165, 1.54) is 6.07 Å². The Balaban J connectivity index is 1.52. The third kappa shape index (κ3) is 7.13. The molecule has 0 radical (unpaired) electrons. The molecule has 0 unspecified atom stereocenters. The molecule has 1 saturated carbocycles. The van der Waals surface area contributed by atoms with Crippen LogP contribution in [0, 0.1) is 23.4 Å². The number of halogens is 13. The quantitative estimate of drug-likeness (QED) is 0.129. The minimum Gasteiger partial charge on any atom is -0.326 e. The van der Waals surface area contributed by atoms with Crippen molar-refractivity contribution in [1.82, 2.24) is 0 Å². The maximum Gasteiger partial charge on any atom is 0.419 e. The van der Waals surface area contributed by atoms with Gasteiger partial charge in [0.2, 0.25) is 11.7 Å². The monoisotopic (exact) mass is 721 g/mol. The lowest BCUT2D eigenvalue weighted by Crippen LogP contribution is -2.37. The summed E-state index contributed by atoms with van der Waals surface area (Å²) in [6.07, 6.45) is -11.8. The summed E-state index contributed by atoms with van der Waals surface area (Å²) in [4.78, 5) is 37.6. The molecule has 4 nitrogen and oxygen atoms in total. The fourth-order valence-electron chi connectivity index (χ4n) is 4.65. The minimum absolute atomic E-state index is 0.109. The van der Waals surface area contributed by atoms with E-state index in [1.807, 2.05) is 0 Å². The molecule has 0 heterocycles. The van der Waals surface area contributed by atoms with Crippen molar-refractivity contribution in [3.8, 4) is 0 Å². The Morgan fingerprint density at radius 1 is 0.826 bits per heavy atom. The highest BCUT2D eigenvalue weighted by Gasteiger charge is 2.67. The number of ketones is 2. The maximum absolute atomic E-state index is 14.5. The van der Waals surface area contributed by atoms with Gasteiger partial charge in [0.05, 0.1) is 16.5 Å². The van der Waals surface area contributed by atoms with Crippen LogP contribution in [-0.2, 0) is 28.6 Å². The predicted molar refractivity (Wildman–Crippen MR) is 146 cm³/mol. The van der Waals surface area contributed by atoms with Crippen molar-refractivity contribution in [2.75, 3.05) is 5.32 Å². The average molecular weight is 723 g/mol. The van der Waals surface area contributed by atoms with E-state index in [2.05, 4.69) is 5.32 Å². The zero-order valence-corrected chi connectivity index (χ0v) is 24.7. The number of Topliss-reactive ketones (excluding diaryl/α,β-unsaturated/α-hetero) is 2. The number of alkyl halides is 9. The molecule has 17 heteroatoms. The van der Waals surface area contributed by atoms with E-state index in [0.717, 1.165) is 18.2 Å². The first-order valence-electron chi connectivity index (χ1n) is 12.7. The summed E-state index contributed by atoms with van der Waals surface area (Å²) in [6, 6.07) is 6.12. The average Bonchev–Trinajstić information content (AvgIpc) is 3.53. The minimum atomic E-state index is -5.10. The Morgan fingerprint density at radius 3 is 2.02 bits per heavy atom. The van der Waals surface area contributed by atoms with Crippen LogP contribution in [0.5, 0.6) is 0 Å². The lowest BCUT2D eigenvalue weighted by Gasteiger charge is -2.15. The normalized spacial score (nSPS) is 17.6. The third-order valence-corrected chi connectivity index (χ3v) is 8.36. The standard InChI is InChI=1S/C29H16Cl3F10NO3/c30-17-3-2-14(43-25(46)24-23(27(24,31)32)11-1-4-18(33)16(6-11)29(40,41)42)9-15(17)21(44)7-12-5-13(20(35)10-19(12)34)8-22(45)28(38,39)26(36)37/h1-6,9-10,23-24,26H,7-8H2,(H,43,46)/t23-,24+/m0/s1. The lowest BCUT2D eigenvalue weighted by atomic mass is 9.97. The maximum atomic E-state index is 14.5. The van der Waals surface area contributed by atoms with Gasteiger partial charge >= 0.3 is 18.5 Å². The van der Waals surface area contributed by atoms with E-state index in [0.29, 0.717) is 18.2 Å². The van der Waals surface area contributed by atoms with Crippen LogP contribution in [-0.4, -0.2) is 34.2 Å². The van der Waals surface area contributed by atoms with Gasteiger partial charge in [-0.25, -0.2) is 22.0 Å². The van der Waals surface area contributed by atoms with Crippen LogP contribution in [0.25, 0.3) is 0 Å². The first-order valence-corrected chi connectivity index (χ1v) is 13.8. The first kappa shape index (κ1) is 35.5. The number of anilines is 1. The van der Waals surface area contributed by atoms with Gasteiger partial charge in [-0.15, -0.1) is 23.2 Å². The molecule has 1 N–H and O–H groups in total. The summed E-state index contributed by atoms with van der Waals surface area (Å²) < 4.78 is 132. The molecule has 0 bridgehead atoms. The molecule has 4 rings (SSSR count). The lowest BCUT2D eigenvalue weighted by molar-refractivity contribution is -0.166. The van der Waals surface area contributed by atoms with E-state index in [-0.39, 0.29) is 27.9 Å². The second kappa shape index (κ2) is 12.7. The molecule has 2 atom stereocenters. The summed E-state index contributed by atoms with van der Waals surface area (Å²) in [7, 11) is 0. The predicted octanol–water partition coefficient (Wildman–Crippen LogP) is 8.74. The van der Waals surface area contributed by atoms with E-state index in [1.54, 1.807) is 0 Å². The van der Waals surface area contributed by atoms with Crippen LogP contribution in [0.15, 0.2) is 48.5 Å². The van der Waals surface area contributed by atoms with Crippen molar-refractivity contribution in [3.63, 3.8) is 0 Å². The van der Waals surface area contributed by atoms with Gasteiger partial charge < -0.3 is 5.32 Å². The Bertz CT molecular complexity index is 1730. The molecule has 1 aliphatic rings. The van der Waals surface area contributed by atoms with Crippen molar-refractivity contribution >= 4 is 58.0 Å². The van der Waals surface area contributed by atoms with Crippen LogP contribution < -0.4 is 5.32 Å². The number of amides is 1. The fourth-order valence-corrected chi connectivity index (χ4v) is 5.71. The Morgan fingerprint density at radius 2 is 1.43 bits per heavy atom. The molecule has 0 aromatic heterocycles. The number of carbonyl (C=O) groups excluding carboxylic acids is 3. The molecule has 3 aromatic carbocycles. The summed E-state index contributed by atoms with van der Waals surface area (Å²) in [6.45, 7) is 0. The van der Waals surface area contributed by atoms with Crippen LogP contribution >= 0.6 is 34.8 Å². The van der Waals surface area contributed by atoms with Gasteiger partial charge in [0.25, 0.3) is 0 Å². The van der Waals surface area contributed by atoms with Gasteiger partial charge in [0.1, 0.15) is 21.8 Å². The third-order valence-electron chi connectivity index (χ3n) is 7.09. The van der Waals surface area contributed by atoms with Crippen LogP contribution in [0.2, 0.25) is 5.02 Å². The Kier molecular flexibility index (Phi) is 9.79. The molecule has 1 aliphatic carbocycles. The number of rotatable bonds is 10. The van der Waals surface area contributed by atoms with Crippen LogP contribution in [0.4, 0.5) is 49.6 Å². The van der Waals surface area contributed by atoms with Gasteiger partial charge in [-0.3, -0.25) is 14.4 Å². The van der Waals surface area contributed by atoms with E-state index in [4.69, 9.17) is 34.8 Å². The number of carbonyl (C=O) groups is 3. The number of nitrogens with one attached hydrogen (secondary N) is 1.